The van der Waals surface area contributed by atoms with Crippen molar-refractivity contribution in [3.63, 3.8) is 0 Å². The molecule has 1 aromatic heterocycles. The van der Waals surface area contributed by atoms with E-state index in [0.717, 1.165) is 15.8 Å². The number of rotatable bonds is 2. The first-order valence-corrected chi connectivity index (χ1v) is 8.63. The van der Waals surface area contributed by atoms with Gasteiger partial charge in [-0.15, -0.1) is 11.8 Å². The third-order valence-corrected chi connectivity index (χ3v) is 5.28. The predicted octanol–water partition coefficient (Wildman–Crippen LogP) is 2.43. The van der Waals surface area contributed by atoms with Gasteiger partial charge >= 0.3 is 0 Å². The summed E-state index contributed by atoms with van der Waals surface area (Å²) in [5, 5.41) is 4.04. The molecule has 3 rings (SSSR count). The molecule has 2 aromatic rings. The van der Waals surface area contributed by atoms with Gasteiger partial charge in [-0.1, -0.05) is 28.1 Å². The maximum absolute atomic E-state index is 12.7. The molecule has 1 amide bonds. The third-order valence-electron chi connectivity index (χ3n) is 3.49. The van der Waals surface area contributed by atoms with Crippen LogP contribution in [0.1, 0.15) is 21.4 Å². The fourth-order valence-corrected chi connectivity index (χ4v) is 3.87. The minimum Gasteiger partial charge on any atom is -0.320 e. The summed E-state index contributed by atoms with van der Waals surface area (Å²) in [6.45, 7) is 0.675. The minimum absolute atomic E-state index is 0.0142. The molecule has 22 heavy (non-hydrogen) atoms. The lowest BCUT2D eigenvalue weighted by Crippen LogP contribution is -2.33. The van der Waals surface area contributed by atoms with Crippen LogP contribution in [0.4, 0.5) is 0 Å². The molecule has 1 aliphatic heterocycles. The van der Waals surface area contributed by atoms with Crippen LogP contribution in [0.3, 0.4) is 0 Å². The molecule has 7 heteroatoms. The highest BCUT2D eigenvalue weighted by atomic mass is 79.9. The molecule has 1 saturated heterocycles. The van der Waals surface area contributed by atoms with E-state index in [4.69, 9.17) is 0 Å². The van der Waals surface area contributed by atoms with Crippen LogP contribution in [-0.4, -0.2) is 32.9 Å². The van der Waals surface area contributed by atoms with E-state index in [1.165, 1.54) is 16.8 Å². The highest BCUT2D eigenvalue weighted by molar-refractivity contribution is 9.10. The van der Waals surface area contributed by atoms with E-state index >= 15 is 0 Å². The number of hydrogen-bond acceptors (Lipinski definition) is 4. The van der Waals surface area contributed by atoms with Crippen LogP contribution in [0.15, 0.2) is 45.7 Å². The van der Waals surface area contributed by atoms with Gasteiger partial charge in [0.2, 0.25) is 0 Å². The Labute approximate surface area is 140 Å². The Balaban J connectivity index is 1.89. The number of amides is 1. The predicted molar refractivity (Wildman–Crippen MR) is 89.9 cm³/mol. The zero-order chi connectivity index (χ0) is 15.7. The molecule has 5 nitrogen and oxygen atoms in total. The number of carbonyl (C=O) groups excluding carboxylic acids is 1. The summed E-state index contributed by atoms with van der Waals surface area (Å²) in [6.07, 6.45) is 0. The summed E-state index contributed by atoms with van der Waals surface area (Å²) in [7, 11) is 1.55. The lowest BCUT2D eigenvalue weighted by atomic mass is 10.2. The van der Waals surface area contributed by atoms with Gasteiger partial charge in [-0.3, -0.25) is 9.59 Å². The van der Waals surface area contributed by atoms with Crippen molar-refractivity contribution < 1.29 is 4.79 Å². The Morgan fingerprint density at radius 3 is 2.68 bits per heavy atom. The summed E-state index contributed by atoms with van der Waals surface area (Å²) in [5.74, 6) is 0.742. The topological polar surface area (TPSA) is 55.2 Å². The molecule has 0 bridgehead atoms. The quantitative estimate of drug-likeness (QED) is 0.803. The fourth-order valence-electron chi connectivity index (χ4n) is 2.35. The summed E-state index contributed by atoms with van der Waals surface area (Å²) < 4.78 is 2.20. The summed E-state index contributed by atoms with van der Waals surface area (Å²) in [5.41, 5.74) is 1.16. The van der Waals surface area contributed by atoms with Crippen molar-refractivity contribution in [3.05, 3.63) is 62.5 Å². The number of nitrogens with zero attached hydrogens (tertiary/aromatic N) is 3. The van der Waals surface area contributed by atoms with E-state index in [2.05, 4.69) is 21.0 Å². The first kappa shape index (κ1) is 15.3. The first-order chi connectivity index (χ1) is 10.6. The van der Waals surface area contributed by atoms with E-state index in [1.54, 1.807) is 23.7 Å². The van der Waals surface area contributed by atoms with Crippen LogP contribution in [0.5, 0.6) is 0 Å². The van der Waals surface area contributed by atoms with Crippen molar-refractivity contribution in [3.8, 4) is 0 Å². The molecular formula is C15H14BrN3O2S. The van der Waals surface area contributed by atoms with Gasteiger partial charge in [0, 0.05) is 29.9 Å². The lowest BCUT2D eigenvalue weighted by Gasteiger charge is -2.23. The molecular weight excluding hydrogens is 366 g/mol. The van der Waals surface area contributed by atoms with Crippen molar-refractivity contribution in [2.45, 2.75) is 5.37 Å². The zero-order valence-corrected chi connectivity index (χ0v) is 14.3. The van der Waals surface area contributed by atoms with E-state index in [-0.39, 0.29) is 16.8 Å². The van der Waals surface area contributed by atoms with Crippen LogP contribution in [0.25, 0.3) is 0 Å². The number of hydrogen-bond donors (Lipinski definition) is 0. The van der Waals surface area contributed by atoms with Crippen molar-refractivity contribution in [1.29, 1.82) is 0 Å². The minimum atomic E-state index is -0.225. The molecule has 0 N–H and O–H groups in total. The molecule has 114 valence electrons. The molecule has 1 aliphatic rings. The monoisotopic (exact) mass is 379 g/mol. The maximum atomic E-state index is 12.7. The molecule has 1 fully saturated rings. The molecule has 2 heterocycles. The second-order valence-corrected chi connectivity index (χ2v) is 7.06. The van der Waals surface area contributed by atoms with Crippen molar-refractivity contribution in [2.75, 3.05) is 12.3 Å². The number of aryl methyl sites for hydroxylation is 1. The van der Waals surface area contributed by atoms with E-state index in [9.17, 15) is 9.59 Å². The second-order valence-electron chi connectivity index (χ2n) is 4.95. The Bertz CT molecular complexity index is 760. The molecule has 1 unspecified atom stereocenters. The smallest absolute Gasteiger partial charge is 0.275 e. The van der Waals surface area contributed by atoms with Gasteiger partial charge in [-0.2, -0.15) is 5.10 Å². The lowest BCUT2D eigenvalue weighted by molar-refractivity contribution is 0.0751. The highest BCUT2D eigenvalue weighted by Gasteiger charge is 2.32. The fraction of sp³-hybridized carbons (Fsp3) is 0.267. The standard InChI is InChI=1S/C15H14BrN3O2S/c1-18-13(20)7-6-12(17-18)14(21)19-8-9-22-15(19)10-2-4-11(16)5-3-10/h2-7,15H,8-9H2,1H3. The Kier molecular flexibility index (Phi) is 4.35. The van der Waals surface area contributed by atoms with E-state index in [1.807, 2.05) is 24.3 Å². The molecule has 0 saturated carbocycles. The van der Waals surface area contributed by atoms with Gasteiger partial charge in [0.05, 0.1) is 0 Å². The number of carbonyl (C=O) groups is 1. The van der Waals surface area contributed by atoms with Gasteiger partial charge in [-0.05, 0) is 23.8 Å². The van der Waals surface area contributed by atoms with E-state index < -0.39 is 0 Å². The first-order valence-electron chi connectivity index (χ1n) is 6.78. The van der Waals surface area contributed by atoms with Crippen LogP contribution in [0, 0.1) is 0 Å². The van der Waals surface area contributed by atoms with Crippen LogP contribution in [0.2, 0.25) is 0 Å². The molecule has 1 atom stereocenters. The number of halogens is 1. The van der Waals surface area contributed by atoms with Gasteiger partial charge in [0.25, 0.3) is 11.5 Å². The van der Waals surface area contributed by atoms with Crippen LogP contribution in [-0.2, 0) is 7.05 Å². The average molecular weight is 380 g/mol. The van der Waals surface area contributed by atoms with Crippen molar-refractivity contribution >= 4 is 33.6 Å². The molecule has 0 aliphatic carbocycles. The number of benzene rings is 1. The van der Waals surface area contributed by atoms with Gasteiger partial charge < -0.3 is 4.90 Å². The Morgan fingerprint density at radius 2 is 2.00 bits per heavy atom. The normalized spacial score (nSPS) is 17.7. The largest absolute Gasteiger partial charge is 0.320 e. The van der Waals surface area contributed by atoms with Gasteiger partial charge in [0.1, 0.15) is 11.1 Å². The van der Waals surface area contributed by atoms with Gasteiger partial charge in [-0.25, -0.2) is 4.68 Å². The summed E-state index contributed by atoms with van der Waals surface area (Å²) in [4.78, 5) is 25.9. The molecule has 1 aromatic carbocycles. The molecule has 0 spiro atoms. The van der Waals surface area contributed by atoms with E-state index in [0.29, 0.717) is 12.2 Å². The van der Waals surface area contributed by atoms with Gasteiger partial charge in [0.15, 0.2) is 0 Å². The average Bonchev–Trinajstić information content (AvgIpc) is 2.99. The maximum Gasteiger partial charge on any atom is 0.275 e. The molecule has 0 radical (unpaired) electrons. The SMILES string of the molecule is Cn1nc(C(=O)N2CCSC2c2ccc(Br)cc2)ccc1=O. The summed E-state index contributed by atoms with van der Waals surface area (Å²) >= 11 is 5.15. The highest BCUT2D eigenvalue weighted by Crippen LogP contribution is 2.38. The van der Waals surface area contributed by atoms with Crippen molar-refractivity contribution in [2.24, 2.45) is 7.05 Å². The van der Waals surface area contributed by atoms with Crippen LogP contribution < -0.4 is 5.56 Å². The summed E-state index contributed by atoms with van der Waals surface area (Å²) in [6, 6.07) is 10.8. The second kappa shape index (κ2) is 6.26. The van der Waals surface area contributed by atoms with Crippen molar-refractivity contribution in [1.82, 2.24) is 14.7 Å². The van der Waals surface area contributed by atoms with Crippen LogP contribution >= 0.6 is 27.7 Å². The Morgan fingerprint density at radius 1 is 1.27 bits per heavy atom. The zero-order valence-electron chi connectivity index (χ0n) is 11.9. The number of thioether (sulfide) groups is 1. The number of aromatic nitrogens is 2. The Hall–Kier alpha value is -1.60. The third kappa shape index (κ3) is 2.96.